The lowest BCUT2D eigenvalue weighted by atomic mass is 10.00. The number of aryl methyl sites for hydroxylation is 1. The summed E-state index contributed by atoms with van der Waals surface area (Å²) in [5, 5.41) is 20.0. The summed E-state index contributed by atoms with van der Waals surface area (Å²) in [4.78, 5) is 10.8. The van der Waals surface area contributed by atoms with Gasteiger partial charge in [-0.15, -0.1) is 0 Å². The van der Waals surface area contributed by atoms with Gasteiger partial charge in [0.2, 0.25) is 0 Å². The molecule has 0 aromatic heterocycles. The highest BCUT2D eigenvalue weighted by molar-refractivity contribution is 8.13. The SMILES string of the molecule is CCCCc1ccc(C(O)C(O)CCSC(C)=O)cc1. The minimum Gasteiger partial charge on any atom is -0.390 e. The van der Waals surface area contributed by atoms with E-state index < -0.39 is 12.2 Å². The van der Waals surface area contributed by atoms with Gasteiger partial charge in [0.1, 0.15) is 6.10 Å². The molecular weight excluding hydrogens is 272 g/mol. The summed E-state index contributed by atoms with van der Waals surface area (Å²) < 4.78 is 0. The highest BCUT2D eigenvalue weighted by Crippen LogP contribution is 2.21. The van der Waals surface area contributed by atoms with Crippen LogP contribution >= 0.6 is 11.8 Å². The Bertz CT molecular complexity index is 403. The van der Waals surface area contributed by atoms with Crippen molar-refractivity contribution in [3.63, 3.8) is 0 Å². The Morgan fingerprint density at radius 2 is 1.90 bits per heavy atom. The summed E-state index contributed by atoms with van der Waals surface area (Å²) in [6.07, 6.45) is 2.06. The highest BCUT2D eigenvalue weighted by Gasteiger charge is 2.18. The third kappa shape index (κ3) is 6.07. The van der Waals surface area contributed by atoms with Gasteiger partial charge in [0.25, 0.3) is 0 Å². The summed E-state index contributed by atoms with van der Waals surface area (Å²) >= 11 is 1.17. The second kappa shape index (κ2) is 9.16. The van der Waals surface area contributed by atoms with Gasteiger partial charge in [-0.3, -0.25) is 4.79 Å². The van der Waals surface area contributed by atoms with Crippen molar-refractivity contribution in [2.24, 2.45) is 0 Å². The average molecular weight is 296 g/mol. The van der Waals surface area contributed by atoms with Crippen LogP contribution in [0.4, 0.5) is 0 Å². The van der Waals surface area contributed by atoms with Gasteiger partial charge in [0, 0.05) is 12.7 Å². The van der Waals surface area contributed by atoms with Crippen LogP contribution in [0.5, 0.6) is 0 Å². The van der Waals surface area contributed by atoms with E-state index in [0.717, 1.165) is 24.8 Å². The van der Waals surface area contributed by atoms with Gasteiger partial charge < -0.3 is 10.2 Å². The molecule has 0 bridgehead atoms. The molecule has 2 unspecified atom stereocenters. The molecule has 1 rings (SSSR count). The Morgan fingerprint density at radius 1 is 1.25 bits per heavy atom. The second-order valence-electron chi connectivity index (χ2n) is 4.99. The van der Waals surface area contributed by atoms with Gasteiger partial charge in [-0.1, -0.05) is 49.4 Å². The quantitative estimate of drug-likeness (QED) is 0.774. The van der Waals surface area contributed by atoms with Crippen LogP contribution in [0.25, 0.3) is 0 Å². The third-order valence-electron chi connectivity index (χ3n) is 3.22. The maximum atomic E-state index is 10.8. The van der Waals surface area contributed by atoms with Crippen LogP contribution in [-0.4, -0.2) is 27.2 Å². The fourth-order valence-electron chi connectivity index (χ4n) is 1.97. The Labute approximate surface area is 125 Å². The largest absolute Gasteiger partial charge is 0.390 e. The first kappa shape index (κ1) is 17.2. The summed E-state index contributed by atoms with van der Waals surface area (Å²) in [6.45, 7) is 3.66. The molecule has 0 amide bonds. The molecule has 112 valence electrons. The Kier molecular flexibility index (Phi) is 7.88. The topological polar surface area (TPSA) is 57.5 Å². The van der Waals surface area contributed by atoms with Crippen molar-refractivity contribution in [1.29, 1.82) is 0 Å². The number of hydrogen-bond donors (Lipinski definition) is 2. The Morgan fingerprint density at radius 3 is 2.45 bits per heavy atom. The number of thioether (sulfide) groups is 1. The molecule has 2 atom stereocenters. The van der Waals surface area contributed by atoms with Crippen molar-refractivity contribution in [2.45, 2.75) is 51.7 Å². The van der Waals surface area contributed by atoms with E-state index in [4.69, 9.17) is 0 Å². The minimum atomic E-state index is -0.886. The molecule has 3 nitrogen and oxygen atoms in total. The van der Waals surface area contributed by atoms with Crippen LogP contribution in [-0.2, 0) is 11.2 Å². The van der Waals surface area contributed by atoms with Gasteiger partial charge in [-0.05, 0) is 30.4 Å². The van der Waals surface area contributed by atoms with E-state index in [1.54, 1.807) is 0 Å². The number of rotatable bonds is 8. The number of aliphatic hydroxyl groups is 2. The molecule has 0 aliphatic carbocycles. The molecule has 1 aromatic rings. The van der Waals surface area contributed by atoms with E-state index in [1.165, 1.54) is 24.2 Å². The first-order valence-electron chi connectivity index (χ1n) is 7.13. The summed E-state index contributed by atoms with van der Waals surface area (Å²) in [6, 6.07) is 7.75. The zero-order chi connectivity index (χ0) is 15.0. The molecule has 20 heavy (non-hydrogen) atoms. The Balaban J connectivity index is 2.49. The number of benzene rings is 1. The molecule has 0 spiro atoms. The predicted molar refractivity (Wildman–Crippen MR) is 83.8 cm³/mol. The smallest absolute Gasteiger partial charge is 0.185 e. The van der Waals surface area contributed by atoms with Crippen molar-refractivity contribution < 1.29 is 15.0 Å². The van der Waals surface area contributed by atoms with Gasteiger partial charge in [-0.25, -0.2) is 0 Å². The molecule has 1 aromatic carbocycles. The molecule has 0 heterocycles. The molecule has 2 N–H and O–H groups in total. The van der Waals surface area contributed by atoms with Crippen LogP contribution in [0.3, 0.4) is 0 Å². The lowest BCUT2D eigenvalue weighted by molar-refractivity contribution is -0.109. The summed E-state index contributed by atoms with van der Waals surface area (Å²) in [7, 11) is 0. The van der Waals surface area contributed by atoms with E-state index in [-0.39, 0.29) is 5.12 Å². The zero-order valence-corrected chi connectivity index (χ0v) is 13.0. The normalized spacial score (nSPS) is 14.0. The van der Waals surface area contributed by atoms with E-state index in [0.29, 0.717) is 12.2 Å². The number of hydrogen-bond acceptors (Lipinski definition) is 4. The highest BCUT2D eigenvalue weighted by atomic mass is 32.2. The summed E-state index contributed by atoms with van der Waals surface area (Å²) in [5.74, 6) is 0.530. The fourth-order valence-corrected chi connectivity index (χ4v) is 2.61. The van der Waals surface area contributed by atoms with Crippen molar-refractivity contribution in [1.82, 2.24) is 0 Å². The maximum absolute atomic E-state index is 10.8. The van der Waals surface area contributed by atoms with E-state index in [9.17, 15) is 15.0 Å². The minimum absolute atomic E-state index is 0.0342. The van der Waals surface area contributed by atoms with Gasteiger partial charge in [-0.2, -0.15) is 0 Å². The molecule has 0 aliphatic rings. The van der Waals surface area contributed by atoms with Crippen LogP contribution < -0.4 is 0 Å². The van der Waals surface area contributed by atoms with Crippen LogP contribution in [0, 0.1) is 0 Å². The zero-order valence-electron chi connectivity index (χ0n) is 12.2. The van der Waals surface area contributed by atoms with Crippen LogP contribution in [0.15, 0.2) is 24.3 Å². The molecule has 0 radical (unpaired) electrons. The van der Waals surface area contributed by atoms with Gasteiger partial charge in [0.15, 0.2) is 5.12 Å². The monoisotopic (exact) mass is 296 g/mol. The first-order valence-corrected chi connectivity index (χ1v) is 8.11. The van der Waals surface area contributed by atoms with Gasteiger partial charge in [0.05, 0.1) is 6.10 Å². The molecule has 0 fully saturated rings. The standard InChI is InChI=1S/C16H24O3S/c1-3-4-5-13-6-8-14(9-7-13)16(19)15(18)10-11-20-12(2)17/h6-9,15-16,18-19H,3-5,10-11H2,1-2H3. The van der Waals surface area contributed by atoms with Crippen LogP contribution in [0.2, 0.25) is 0 Å². The molecule has 0 aliphatic heterocycles. The van der Waals surface area contributed by atoms with Crippen LogP contribution in [0.1, 0.15) is 50.3 Å². The molecule has 4 heteroatoms. The van der Waals surface area contributed by atoms with E-state index >= 15 is 0 Å². The van der Waals surface area contributed by atoms with E-state index in [2.05, 4.69) is 6.92 Å². The lowest BCUT2D eigenvalue weighted by Gasteiger charge is -2.18. The predicted octanol–water partition coefficient (Wildman–Crippen LogP) is 3.09. The number of unbranched alkanes of at least 4 members (excludes halogenated alkanes) is 1. The maximum Gasteiger partial charge on any atom is 0.185 e. The molecular formula is C16H24O3S. The van der Waals surface area contributed by atoms with Gasteiger partial charge >= 0.3 is 0 Å². The average Bonchev–Trinajstić information content (AvgIpc) is 2.44. The summed E-state index contributed by atoms with van der Waals surface area (Å²) in [5.41, 5.74) is 1.98. The Hall–Kier alpha value is -0.840. The first-order chi connectivity index (χ1) is 9.54. The van der Waals surface area contributed by atoms with E-state index in [1.807, 2.05) is 24.3 Å². The van der Waals surface area contributed by atoms with Crippen molar-refractivity contribution in [3.05, 3.63) is 35.4 Å². The van der Waals surface area contributed by atoms with Crippen molar-refractivity contribution in [3.8, 4) is 0 Å². The third-order valence-corrected chi connectivity index (χ3v) is 4.07. The molecule has 0 saturated carbocycles. The van der Waals surface area contributed by atoms with Crippen molar-refractivity contribution >= 4 is 16.9 Å². The number of aliphatic hydroxyl groups excluding tert-OH is 2. The number of carbonyl (C=O) groups is 1. The lowest BCUT2D eigenvalue weighted by Crippen LogP contribution is -2.19. The molecule has 0 saturated heterocycles. The number of carbonyl (C=O) groups excluding carboxylic acids is 1. The fraction of sp³-hybridized carbons (Fsp3) is 0.562. The van der Waals surface area contributed by atoms with Crippen molar-refractivity contribution in [2.75, 3.05) is 5.75 Å². The second-order valence-corrected chi connectivity index (χ2v) is 6.26.